The molecule has 3 aliphatic rings. The van der Waals surface area contributed by atoms with Crippen molar-refractivity contribution < 1.29 is 19.1 Å². The van der Waals surface area contributed by atoms with E-state index in [0.717, 1.165) is 12.3 Å². The van der Waals surface area contributed by atoms with Gasteiger partial charge in [0.15, 0.2) is 5.11 Å². The number of thiocarbonyl (C=S) groups is 1. The number of rotatable bonds is 6. The maximum absolute atomic E-state index is 12.6. The van der Waals surface area contributed by atoms with Crippen molar-refractivity contribution >= 4 is 29.1 Å². The third-order valence-corrected chi connectivity index (χ3v) is 6.73. The Labute approximate surface area is 187 Å². The fourth-order valence-corrected chi connectivity index (χ4v) is 4.97. The highest BCUT2D eigenvalue weighted by atomic mass is 32.1. The van der Waals surface area contributed by atoms with Crippen LogP contribution in [0.25, 0.3) is 0 Å². The zero-order valence-electron chi connectivity index (χ0n) is 17.6. The molecule has 4 N–H and O–H groups in total. The minimum absolute atomic E-state index is 0.0476. The Morgan fingerprint density at radius 2 is 2.16 bits per heavy atom. The lowest BCUT2D eigenvalue weighted by Gasteiger charge is -2.37. The van der Waals surface area contributed by atoms with Crippen LogP contribution < -0.4 is 16.0 Å². The quantitative estimate of drug-likeness (QED) is 0.448. The molecule has 0 spiro atoms. The van der Waals surface area contributed by atoms with Crippen LogP contribution in [-0.2, 0) is 16.1 Å². The fraction of sp³-hybridized carbons (Fsp3) is 0.667. The highest BCUT2D eigenvalue weighted by Gasteiger charge is 2.43. The van der Waals surface area contributed by atoms with E-state index in [0.29, 0.717) is 63.4 Å². The molecule has 3 saturated heterocycles. The molecular formula is C21H31N5O4S. The summed E-state index contributed by atoms with van der Waals surface area (Å²) in [5, 5.41) is 19.6. The molecule has 9 nitrogen and oxygen atoms in total. The van der Waals surface area contributed by atoms with Crippen LogP contribution in [0, 0.1) is 0 Å². The fourth-order valence-electron chi connectivity index (χ4n) is 4.73. The molecule has 0 radical (unpaired) electrons. The largest absolute Gasteiger partial charge is 0.467 e. The smallest absolute Gasteiger partial charge is 0.237 e. The summed E-state index contributed by atoms with van der Waals surface area (Å²) >= 11 is 5.40. The lowest BCUT2D eigenvalue weighted by Crippen LogP contribution is -2.58. The predicted molar refractivity (Wildman–Crippen MR) is 118 cm³/mol. The summed E-state index contributed by atoms with van der Waals surface area (Å²) in [6, 6.07) is 3.74. The first-order chi connectivity index (χ1) is 15.0. The molecule has 10 heteroatoms. The number of carbonyl (C=O) groups excluding carboxylic acids is 2. The maximum atomic E-state index is 12.6. The third kappa shape index (κ3) is 5.55. The number of nitrogens with one attached hydrogen (secondary N) is 3. The van der Waals surface area contributed by atoms with Gasteiger partial charge in [0, 0.05) is 44.7 Å². The molecule has 1 aromatic rings. The van der Waals surface area contributed by atoms with Gasteiger partial charge in [-0.2, -0.15) is 0 Å². The van der Waals surface area contributed by atoms with Gasteiger partial charge in [-0.05, 0) is 50.0 Å². The molecule has 1 aromatic heterocycles. The average Bonchev–Trinajstić information content (AvgIpc) is 3.42. The number of fused-ring (bicyclic) bond motifs is 1. The van der Waals surface area contributed by atoms with Gasteiger partial charge in [0.2, 0.25) is 11.8 Å². The minimum Gasteiger partial charge on any atom is -0.467 e. The van der Waals surface area contributed by atoms with Crippen LogP contribution in [0.4, 0.5) is 0 Å². The highest BCUT2D eigenvalue weighted by Crippen LogP contribution is 2.26. The summed E-state index contributed by atoms with van der Waals surface area (Å²) in [7, 11) is 0. The monoisotopic (exact) mass is 449 g/mol. The van der Waals surface area contributed by atoms with Gasteiger partial charge in [-0.15, -0.1) is 0 Å². The Kier molecular flexibility index (Phi) is 7.09. The van der Waals surface area contributed by atoms with Crippen molar-refractivity contribution in [3.05, 3.63) is 24.2 Å². The number of piperazine rings is 1. The first kappa shape index (κ1) is 22.0. The van der Waals surface area contributed by atoms with Gasteiger partial charge in [0.05, 0.1) is 25.0 Å². The second-order valence-electron chi connectivity index (χ2n) is 8.60. The summed E-state index contributed by atoms with van der Waals surface area (Å²) in [6.07, 6.45) is 4.50. The van der Waals surface area contributed by atoms with E-state index in [2.05, 4.69) is 20.9 Å². The van der Waals surface area contributed by atoms with Crippen LogP contribution in [0.3, 0.4) is 0 Å². The van der Waals surface area contributed by atoms with E-state index in [9.17, 15) is 14.7 Å². The Balaban J connectivity index is 1.25. The van der Waals surface area contributed by atoms with Crippen molar-refractivity contribution in [3.8, 4) is 0 Å². The van der Waals surface area contributed by atoms with Crippen LogP contribution in [0.5, 0.6) is 0 Å². The second kappa shape index (κ2) is 9.97. The van der Waals surface area contributed by atoms with Gasteiger partial charge < -0.3 is 30.4 Å². The Morgan fingerprint density at radius 3 is 2.90 bits per heavy atom. The number of hydrogen-bond acceptors (Lipinski definition) is 6. The van der Waals surface area contributed by atoms with Crippen LogP contribution in [-0.4, -0.2) is 82.2 Å². The van der Waals surface area contributed by atoms with Gasteiger partial charge in [0.1, 0.15) is 5.76 Å². The molecule has 3 fully saturated rings. The third-order valence-electron chi connectivity index (χ3n) is 6.47. The summed E-state index contributed by atoms with van der Waals surface area (Å²) in [4.78, 5) is 29.1. The van der Waals surface area contributed by atoms with Crippen LogP contribution in [0.1, 0.15) is 37.9 Å². The molecule has 4 rings (SSSR count). The second-order valence-corrected chi connectivity index (χ2v) is 9.01. The lowest BCUT2D eigenvalue weighted by atomic mass is 10.0. The van der Waals surface area contributed by atoms with E-state index >= 15 is 0 Å². The molecule has 0 aromatic carbocycles. The molecule has 0 aliphatic carbocycles. The SMILES string of the molecule is O=C1NCC(CCC(=O)N2CCC(O)CC2)N2CC(NC(=S)NCc3ccco3)CC12. The molecule has 3 unspecified atom stereocenters. The number of aliphatic hydroxyl groups excluding tert-OH is 1. The molecule has 3 atom stereocenters. The van der Waals surface area contributed by atoms with Gasteiger partial charge >= 0.3 is 0 Å². The number of carbonyl (C=O) groups is 2. The van der Waals surface area contributed by atoms with Crippen molar-refractivity contribution in [3.63, 3.8) is 0 Å². The average molecular weight is 450 g/mol. The molecule has 170 valence electrons. The van der Waals surface area contributed by atoms with E-state index in [4.69, 9.17) is 16.6 Å². The molecule has 0 bridgehead atoms. The number of amides is 2. The van der Waals surface area contributed by atoms with Gasteiger partial charge in [-0.3, -0.25) is 14.5 Å². The molecular weight excluding hydrogens is 418 g/mol. The normalized spacial score (nSPS) is 26.9. The van der Waals surface area contributed by atoms with Crippen molar-refractivity contribution in [2.24, 2.45) is 0 Å². The van der Waals surface area contributed by atoms with Crippen LogP contribution in [0.15, 0.2) is 22.8 Å². The van der Waals surface area contributed by atoms with Crippen molar-refractivity contribution in [1.29, 1.82) is 0 Å². The van der Waals surface area contributed by atoms with E-state index in [1.807, 2.05) is 17.0 Å². The number of nitrogens with zero attached hydrogens (tertiary/aromatic N) is 2. The predicted octanol–water partition coefficient (Wildman–Crippen LogP) is -0.0515. The minimum atomic E-state index is -0.285. The van der Waals surface area contributed by atoms with Gasteiger partial charge in [0.25, 0.3) is 0 Å². The Morgan fingerprint density at radius 1 is 1.35 bits per heavy atom. The number of furan rings is 1. The first-order valence-electron chi connectivity index (χ1n) is 11.1. The molecule has 4 heterocycles. The van der Waals surface area contributed by atoms with Crippen LogP contribution >= 0.6 is 12.2 Å². The van der Waals surface area contributed by atoms with Crippen molar-refractivity contribution in [1.82, 2.24) is 25.8 Å². The van der Waals surface area contributed by atoms with Crippen molar-refractivity contribution in [2.75, 3.05) is 26.2 Å². The Bertz CT molecular complexity index is 781. The number of likely N-dealkylation sites (tertiary alicyclic amines) is 1. The topological polar surface area (TPSA) is 110 Å². The van der Waals surface area contributed by atoms with E-state index in [1.54, 1.807) is 6.26 Å². The summed E-state index contributed by atoms with van der Waals surface area (Å²) < 4.78 is 5.30. The number of hydrogen-bond donors (Lipinski definition) is 4. The Hall–Kier alpha value is -2.17. The first-order valence-corrected chi connectivity index (χ1v) is 11.5. The number of aliphatic hydroxyl groups is 1. The molecule has 2 amide bonds. The maximum Gasteiger partial charge on any atom is 0.237 e. The zero-order valence-corrected chi connectivity index (χ0v) is 18.4. The zero-order chi connectivity index (χ0) is 21.8. The van der Waals surface area contributed by atoms with Crippen molar-refractivity contribution in [2.45, 2.75) is 62.9 Å². The highest BCUT2D eigenvalue weighted by molar-refractivity contribution is 7.80. The lowest BCUT2D eigenvalue weighted by molar-refractivity contribution is -0.134. The van der Waals surface area contributed by atoms with E-state index in [-0.39, 0.29) is 36.0 Å². The summed E-state index contributed by atoms with van der Waals surface area (Å²) in [5.41, 5.74) is 0. The summed E-state index contributed by atoms with van der Waals surface area (Å²) in [5.74, 6) is 0.990. The number of piperidine rings is 1. The van der Waals surface area contributed by atoms with Crippen LogP contribution in [0.2, 0.25) is 0 Å². The standard InChI is InChI=1S/C21H31N5O4S/c27-16-5-7-25(8-6-16)19(28)4-3-15-11-22-20(29)18-10-14(13-26(15)18)24-21(31)23-12-17-2-1-9-30-17/h1-2,9,14-16,18,27H,3-8,10-13H2,(H,22,29)(H2,23,24,31). The van der Waals surface area contributed by atoms with Gasteiger partial charge in [-0.1, -0.05) is 0 Å². The summed E-state index contributed by atoms with van der Waals surface area (Å²) in [6.45, 7) is 3.05. The van der Waals surface area contributed by atoms with E-state index < -0.39 is 0 Å². The molecule has 31 heavy (non-hydrogen) atoms. The van der Waals surface area contributed by atoms with E-state index in [1.165, 1.54) is 0 Å². The molecule has 3 aliphatic heterocycles. The van der Waals surface area contributed by atoms with Gasteiger partial charge in [-0.25, -0.2) is 0 Å². The molecule has 0 saturated carbocycles.